The maximum atomic E-state index is 13.2. The lowest BCUT2D eigenvalue weighted by atomic mass is 9.68. The molecule has 0 N–H and O–H groups in total. The lowest BCUT2D eigenvalue weighted by molar-refractivity contribution is -0.314. The van der Waals surface area contributed by atoms with E-state index in [1.165, 1.54) is 0 Å². The van der Waals surface area contributed by atoms with Crippen LogP contribution >= 0.6 is 0 Å². The van der Waals surface area contributed by atoms with Gasteiger partial charge in [0.05, 0.1) is 17.8 Å². The zero-order valence-corrected chi connectivity index (χ0v) is 19.8. The Morgan fingerprint density at radius 1 is 1.03 bits per heavy atom. The summed E-state index contributed by atoms with van der Waals surface area (Å²) in [6, 6.07) is 0. The van der Waals surface area contributed by atoms with E-state index in [-0.39, 0.29) is 24.2 Å². The highest BCUT2D eigenvalue weighted by Crippen LogP contribution is 2.46. The maximum Gasteiger partial charge on any atom is 0.434 e. The molecule has 1 saturated heterocycles. The van der Waals surface area contributed by atoms with Gasteiger partial charge in [0.2, 0.25) is 0 Å². The second kappa shape index (κ2) is 9.22. The van der Waals surface area contributed by atoms with Crippen LogP contribution in [0.15, 0.2) is 0 Å². The molecule has 0 aromatic rings. The summed E-state index contributed by atoms with van der Waals surface area (Å²) >= 11 is 0. The highest BCUT2D eigenvalue weighted by molar-refractivity contribution is 5.80. The standard InChI is InChI=1S/C22H30F6O6/c1-10(2)20(6,9-19(3,4)5)18(31)33-14-11-7-12(15(14)32-13(29)8-11)16(30)34-17(21(23,24)25)22(26,27)28/h10-12,14-15,17H,7-9H2,1-6H3. The smallest absolute Gasteiger partial charge is 0.434 e. The van der Waals surface area contributed by atoms with Gasteiger partial charge in [0.25, 0.3) is 6.10 Å². The lowest BCUT2D eigenvalue weighted by Gasteiger charge is -2.39. The molecule has 2 bridgehead atoms. The van der Waals surface area contributed by atoms with E-state index in [1.54, 1.807) is 6.92 Å². The summed E-state index contributed by atoms with van der Waals surface area (Å²) in [4.78, 5) is 37.4. The van der Waals surface area contributed by atoms with Gasteiger partial charge in [0.15, 0.2) is 6.10 Å². The van der Waals surface area contributed by atoms with Gasteiger partial charge < -0.3 is 14.2 Å². The van der Waals surface area contributed by atoms with Crippen molar-refractivity contribution in [3.63, 3.8) is 0 Å². The minimum atomic E-state index is -5.88. The quantitative estimate of drug-likeness (QED) is 0.288. The second-order valence-electron chi connectivity index (χ2n) is 10.8. The number of carbonyl (C=O) groups is 3. The van der Waals surface area contributed by atoms with Crippen LogP contribution in [0, 0.1) is 28.6 Å². The molecule has 1 heterocycles. The fourth-order valence-electron chi connectivity index (χ4n) is 4.64. The van der Waals surface area contributed by atoms with Crippen LogP contribution in [0.2, 0.25) is 0 Å². The predicted molar refractivity (Wildman–Crippen MR) is 105 cm³/mol. The van der Waals surface area contributed by atoms with Crippen LogP contribution in [-0.2, 0) is 28.6 Å². The van der Waals surface area contributed by atoms with Crippen molar-refractivity contribution in [1.29, 1.82) is 0 Å². The maximum absolute atomic E-state index is 13.2. The highest BCUT2D eigenvalue weighted by Gasteiger charge is 2.62. The summed E-state index contributed by atoms with van der Waals surface area (Å²) in [6.07, 6.45) is -19.0. The second-order valence-corrected chi connectivity index (χ2v) is 10.8. The molecule has 2 fully saturated rings. The van der Waals surface area contributed by atoms with Crippen LogP contribution < -0.4 is 0 Å². The largest absolute Gasteiger partial charge is 0.458 e. The molecule has 0 aromatic carbocycles. The monoisotopic (exact) mass is 504 g/mol. The number of fused-ring (bicyclic) bond motifs is 2. The minimum Gasteiger partial charge on any atom is -0.458 e. The highest BCUT2D eigenvalue weighted by atomic mass is 19.4. The van der Waals surface area contributed by atoms with Crippen molar-refractivity contribution in [1.82, 2.24) is 0 Å². The molecule has 2 rings (SSSR count). The first kappa shape index (κ1) is 28.2. The fourth-order valence-corrected chi connectivity index (χ4v) is 4.64. The van der Waals surface area contributed by atoms with Crippen LogP contribution in [-0.4, -0.2) is 48.6 Å². The summed E-state index contributed by atoms with van der Waals surface area (Å²) in [5, 5.41) is 0. The molecule has 6 nitrogen and oxygen atoms in total. The average molecular weight is 504 g/mol. The number of alkyl halides is 6. The van der Waals surface area contributed by atoms with E-state index in [9.17, 15) is 40.7 Å². The molecule has 0 aromatic heterocycles. The number of hydrogen-bond donors (Lipinski definition) is 0. The summed E-state index contributed by atoms with van der Waals surface area (Å²) in [6.45, 7) is 11.1. The van der Waals surface area contributed by atoms with Gasteiger partial charge in [-0.25, -0.2) is 0 Å². The summed E-state index contributed by atoms with van der Waals surface area (Å²) in [5.74, 6) is -5.86. The molecule has 2 aliphatic rings. The van der Waals surface area contributed by atoms with Crippen molar-refractivity contribution in [2.75, 3.05) is 0 Å². The summed E-state index contributed by atoms with van der Waals surface area (Å²) in [7, 11) is 0. The van der Waals surface area contributed by atoms with Crippen LogP contribution in [0.25, 0.3) is 0 Å². The van der Waals surface area contributed by atoms with Crippen LogP contribution in [0.1, 0.15) is 60.8 Å². The number of esters is 3. The molecular formula is C22H30F6O6. The first-order valence-corrected chi connectivity index (χ1v) is 10.9. The van der Waals surface area contributed by atoms with Gasteiger partial charge in [0, 0.05) is 5.92 Å². The Morgan fingerprint density at radius 3 is 2.00 bits per heavy atom. The van der Waals surface area contributed by atoms with Crippen molar-refractivity contribution in [2.24, 2.45) is 28.6 Å². The van der Waals surface area contributed by atoms with E-state index < -0.39 is 65.8 Å². The third kappa shape index (κ3) is 6.16. The van der Waals surface area contributed by atoms with Gasteiger partial charge in [-0.05, 0) is 31.1 Å². The molecule has 34 heavy (non-hydrogen) atoms. The SMILES string of the molecule is CC(C)C(C)(CC(C)(C)C)C(=O)OC1C2CC(=O)OC1C(C(=O)OC(C(F)(F)F)C(F)(F)F)C2. The van der Waals surface area contributed by atoms with E-state index in [0.717, 1.165) is 0 Å². The van der Waals surface area contributed by atoms with E-state index >= 15 is 0 Å². The summed E-state index contributed by atoms with van der Waals surface area (Å²) in [5.41, 5.74) is -1.25. The van der Waals surface area contributed by atoms with Gasteiger partial charge in [-0.2, -0.15) is 26.3 Å². The van der Waals surface area contributed by atoms with Crippen molar-refractivity contribution >= 4 is 17.9 Å². The van der Waals surface area contributed by atoms with Crippen LogP contribution in [0.4, 0.5) is 26.3 Å². The molecular weight excluding hydrogens is 474 g/mol. The number of ether oxygens (including phenoxy) is 3. The van der Waals surface area contributed by atoms with Crippen molar-refractivity contribution < 1.29 is 54.9 Å². The number of halogens is 6. The van der Waals surface area contributed by atoms with E-state index in [1.807, 2.05) is 34.6 Å². The molecule has 0 amide bonds. The Morgan fingerprint density at radius 2 is 1.56 bits per heavy atom. The molecule has 196 valence electrons. The zero-order valence-electron chi connectivity index (χ0n) is 19.8. The molecule has 1 aliphatic heterocycles. The Balaban J connectivity index is 2.27. The summed E-state index contributed by atoms with van der Waals surface area (Å²) < 4.78 is 91.5. The Hall–Kier alpha value is -2.01. The molecule has 0 radical (unpaired) electrons. The van der Waals surface area contributed by atoms with Crippen molar-refractivity contribution in [2.45, 2.75) is 91.5 Å². The van der Waals surface area contributed by atoms with Gasteiger partial charge in [-0.15, -0.1) is 0 Å². The van der Waals surface area contributed by atoms with E-state index in [2.05, 4.69) is 4.74 Å². The Labute approximate surface area is 193 Å². The first-order chi connectivity index (χ1) is 15.2. The number of hydrogen-bond acceptors (Lipinski definition) is 6. The third-order valence-electron chi connectivity index (χ3n) is 6.45. The zero-order chi connectivity index (χ0) is 26.4. The Kier molecular flexibility index (Phi) is 7.65. The number of rotatable bonds is 6. The van der Waals surface area contributed by atoms with Crippen molar-refractivity contribution in [3.05, 3.63) is 0 Å². The fraction of sp³-hybridized carbons (Fsp3) is 0.864. The van der Waals surface area contributed by atoms with Gasteiger partial charge >= 0.3 is 30.3 Å². The van der Waals surface area contributed by atoms with Crippen LogP contribution in [0.3, 0.4) is 0 Å². The topological polar surface area (TPSA) is 78.9 Å². The van der Waals surface area contributed by atoms with Gasteiger partial charge in [-0.3, -0.25) is 14.4 Å². The average Bonchev–Trinajstić information content (AvgIpc) is 2.82. The third-order valence-corrected chi connectivity index (χ3v) is 6.45. The first-order valence-electron chi connectivity index (χ1n) is 10.9. The van der Waals surface area contributed by atoms with E-state index in [0.29, 0.717) is 6.42 Å². The number of carbonyl (C=O) groups excluding carboxylic acids is 3. The van der Waals surface area contributed by atoms with Gasteiger partial charge in [0.1, 0.15) is 6.10 Å². The van der Waals surface area contributed by atoms with Crippen molar-refractivity contribution in [3.8, 4) is 0 Å². The normalized spacial score (nSPS) is 27.4. The Bertz CT molecular complexity index is 785. The lowest BCUT2D eigenvalue weighted by Crippen LogP contribution is -2.49. The molecule has 5 unspecified atom stereocenters. The van der Waals surface area contributed by atoms with Gasteiger partial charge in [-0.1, -0.05) is 34.6 Å². The minimum absolute atomic E-state index is 0.178. The molecule has 0 spiro atoms. The molecule has 12 heteroatoms. The predicted octanol–water partition coefficient (Wildman–Crippen LogP) is 4.98. The molecule has 5 atom stereocenters. The van der Waals surface area contributed by atoms with Crippen LogP contribution in [0.5, 0.6) is 0 Å². The molecule has 1 aliphatic carbocycles. The molecule has 1 saturated carbocycles. The van der Waals surface area contributed by atoms with E-state index in [4.69, 9.17) is 9.47 Å².